The van der Waals surface area contributed by atoms with Crippen LogP contribution in [0.5, 0.6) is 0 Å². The highest BCUT2D eigenvalue weighted by Gasteiger charge is 2.14. The molecule has 0 aromatic carbocycles. The number of pyridine rings is 2. The van der Waals surface area contributed by atoms with Crippen molar-refractivity contribution in [3.8, 4) is 0 Å². The first-order chi connectivity index (χ1) is 8.68. The lowest BCUT2D eigenvalue weighted by atomic mass is 10.2. The average Bonchev–Trinajstić information content (AvgIpc) is 2.40. The molecule has 5 heteroatoms. The molecule has 2 aromatic rings. The van der Waals surface area contributed by atoms with Crippen LogP contribution in [0, 0.1) is 0 Å². The Balaban J connectivity index is 2.11. The third-order valence-electron chi connectivity index (χ3n) is 2.50. The molecule has 1 atom stereocenters. The van der Waals surface area contributed by atoms with Gasteiger partial charge in [-0.1, -0.05) is 17.7 Å². The molecule has 4 nitrogen and oxygen atoms in total. The molecule has 92 valence electrons. The Morgan fingerprint density at radius 3 is 2.83 bits per heavy atom. The zero-order valence-corrected chi connectivity index (χ0v) is 10.6. The molecule has 2 heterocycles. The zero-order chi connectivity index (χ0) is 13.0. The molecule has 1 unspecified atom stereocenters. The number of carbonyl (C=O) groups is 1. The van der Waals surface area contributed by atoms with Gasteiger partial charge in [0.05, 0.1) is 22.3 Å². The van der Waals surface area contributed by atoms with Gasteiger partial charge in [0.1, 0.15) is 0 Å². The number of aromatic nitrogens is 2. The Bertz CT molecular complexity index is 545. The van der Waals surface area contributed by atoms with Crippen LogP contribution in [0.1, 0.15) is 29.0 Å². The molecular formula is C13H12ClN3O. The summed E-state index contributed by atoms with van der Waals surface area (Å²) in [6.07, 6.45) is 4.67. The summed E-state index contributed by atoms with van der Waals surface area (Å²) in [5.74, 6) is -0.236. The monoisotopic (exact) mass is 261 g/mol. The first kappa shape index (κ1) is 12.5. The van der Waals surface area contributed by atoms with Gasteiger partial charge >= 0.3 is 0 Å². The van der Waals surface area contributed by atoms with Crippen LogP contribution in [0.15, 0.2) is 42.9 Å². The van der Waals surface area contributed by atoms with Crippen LogP contribution in [0.2, 0.25) is 5.02 Å². The van der Waals surface area contributed by atoms with Crippen LogP contribution in [0.25, 0.3) is 0 Å². The van der Waals surface area contributed by atoms with E-state index < -0.39 is 0 Å². The van der Waals surface area contributed by atoms with Crippen molar-refractivity contribution >= 4 is 17.5 Å². The summed E-state index contributed by atoms with van der Waals surface area (Å²) in [6.45, 7) is 1.87. The number of hydrogen-bond donors (Lipinski definition) is 1. The van der Waals surface area contributed by atoms with Gasteiger partial charge in [-0.25, -0.2) is 0 Å². The first-order valence-electron chi connectivity index (χ1n) is 5.50. The van der Waals surface area contributed by atoms with E-state index in [-0.39, 0.29) is 11.9 Å². The van der Waals surface area contributed by atoms with Crippen molar-refractivity contribution in [1.82, 2.24) is 15.3 Å². The molecule has 0 aliphatic heterocycles. The molecule has 18 heavy (non-hydrogen) atoms. The maximum absolute atomic E-state index is 12.0. The molecule has 0 aliphatic rings. The van der Waals surface area contributed by atoms with Crippen LogP contribution in [-0.4, -0.2) is 15.9 Å². The van der Waals surface area contributed by atoms with Crippen LogP contribution in [-0.2, 0) is 0 Å². The Kier molecular flexibility index (Phi) is 3.89. The number of hydrogen-bond acceptors (Lipinski definition) is 3. The van der Waals surface area contributed by atoms with Gasteiger partial charge in [-0.3, -0.25) is 14.8 Å². The summed E-state index contributed by atoms with van der Waals surface area (Å²) in [4.78, 5) is 20.0. The third kappa shape index (κ3) is 2.84. The van der Waals surface area contributed by atoms with E-state index in [9.17, 15) is 4.79 Å². The lowest BCUT2D eigenvalue weighted by Gasteiger charge is -2.13. The first-order valence-corrected chi connectivity index (χ1v) is 5.87. The van der Waals surface area contributed by atoms with Crippen molar-refractivity contribution in [1.29, 1.82) is 0 Å². The molecule has 0 saturated heterocycles. The predicted molar refractivity (Wildman–Crippen MR) is 69.4 cm³/mol. The van der Waals surface area contributed by atoms with Crippen molar-refractivity contribution in [2.45, 2.75) is 13.0 Å². The van der Waals surface area contributed by atoms with Crippen LogP contribution in [0.3, 0.4) is 0 Å². The van der Waals surface area contributed by atoms with Gasteiger partial charge in [-0.2, -0.15) is 0 Å². The minimum Gasteiger partial charge on any atom is -0.344 e. The molecule has 2 rings (SSSR count). The van der Waals surface area contributed by atoms with E-state index in [4.69, 9.17) is 11.6 Å². The second-order valence-electron chi connectivity index (χ2n) is 3.81. The number of rotatable bonds is 3. The van der Waals surface area contributed by atoms with Crippen LogP contribution < -0.4 is 5.32 Å². The van der Waals surface area contributed by atoms with E-state index in [1.165, 1.54) is 12.4 Å². The number of amides is 1. The number of nitrogens with zero attached hydrogens (tertiary/aromatic N) is 2. The van der Waals surface area contributed by atoms with Crippen molar-refractivity contribution in [3.05, 3.63) is 59.1 Å². The van der Waals surface area contributed by atoms with Gasteiger partial charge < -0.3 is 5.32 Å². The van der Waals surface area contributed by atoms with Gasteiger partial charge in [-0.05, 0) is 25.1 Å². The van der Waals surface area contributed by atoms with Gasteiger partial charge in [-0.15, -0.1) is 0 Å². The molecule has 0 bridgehead atoms. The van der Waals surface area contributed by atoms with Crippen molar-refractivity contribution in [2.75, 3.05) is 0 Å². The SMILES string of the molecule is CC(NC(=O)c1ccncc1Cl)c1ccccn1. The summed E-state index contributed by atoms with van der Waals surface area (Å²) in [7, 11) is 0. The van der Waals surface area contributed by atoms with Gasteiger partial charge in [0.15, 0.2) is 0 Å². The lowest BCUT2D eigenvalue weighted by Crippen LogP contribution is -2.27. The molecule has 1 N–H and O–H groups in total. The van der Waals surface area contributed by atoms with Gasteiger partial charge in [0.25, 0.3) is 5.91 Å². The molecule has 0 fully saturated rings. The topological polar surface area (TPSA) is 54.9 Å². The highest BCUT2D eigenvalue weighted by molar-refractivity contribution is 6.33. The van der Waals surface area contributed by atoms with Gasteiger partial charge in [0.2, 0.25) is 0 Å². The fourth-order valence-electron chi connectivity index (χ4n) is 1.54. The second-order valence-corrected chi connectivity index (χ2v) is 4.21. The Labute approximate surface area is 110 Å². The van der Waals surface area contributed by atoms with E-state index in [2.05, 4.69) is 15.3 Å². The highest BCUT2D eigenvalue weighted by Crippen LogP contribution is 2.15. The minimum atomic E-state index is -0.236. The van der Waals surface area contributed by atoms with Crippen molar-refractivity contribution in [3.63, 3.8) is 0 Å². The predicted octanol–water partition coefficient (Wildman–Crippen LogP) is 2.62. The number of carbonyl (C=O) groups excluding carboxylic acids is 1. The molecule has 1 amide bonds. The molecule has 2 aromatic heterocycles. The summed E-state index contributed by atoms with van der Waals surface area (Å²) in [6, 6.07) is 6.98. The summed E-state index contributed by atoms with van der Waals surface area (Å²) in [5.41, 5.74) is 1.21. The van der Waals surface area contributed by atoms with Gasteiger partial charge in [0, 0.05) is 18.6 Å². The zero-order valence-electron chi connectivity index (χ0n) is 9.80. The molecular weight excluding hydrogens is 250 g/mol. The Morgan fingerprint density at radius 2 is 2.17 bits per heavy atom. The maximum atomic E-state index is 12.0. The quantitative estimate of drug-likeness (QED) is 0.924. The normalized spacial score (nSPS) is 11.9. The number of nitrogens with one attached hydrogen (secondary N) is 1. The standard InChI is InChI=1S/C13H12ClN3O/c1-9(12-4-2-3-6-16-12)17-13(18)10-5-7-15-8-11(10)14/h2-9H,1H3,(H,17,18). The molecule has 0 spiro atoms. The maximum Gasteiger partial charge on any atom is 0.253 e. The smallest absolute Gasteiger partial charge is 0.253 e. The van der Waals surface area contributed by atoms with E-state index in [1.54, 1.807) is 12.3 Å². The minimum absolute atomic E-state index is 0.178. The fourth-order valence-corrected chi connectivity index (χ4v) is 1.74. The van der Waals surface area contributed by atoms with E-state index >= 15 is 0 Å². The van der Waals surface area contributed by atoms with Crippen LogP contribution >= 0.6 is 11.6 Å². The fraction of sp³-hybridized carbons (Fsp3) is 0.154. The third-order valence-corrected chi connectivity index (χ3v) is 2.80. The second kappa shape index (κ2) is 5.60. The molecule has 0 radical (unpaired) electrons. The van der Waals surface area contributed by atoms with E-state index in [0.717, 1.165) is 5.69 Å². The lowest BCUT2D eigenvalue weighted by molar-refractivity contribution is 0.0939. The highest BCUT2D eigenvalue weighted by atomic mass is 35.5. The van der Waals surface area contributed by atoms with E-state index in [0.29, 0.717) is 10.6 Å². The summed E-state index contributed by atoms with van der Waals surface area (Å²) < 4.78 is 0. The average molecular weight is 262 g/mol. The van der Waals surface area contributed by atoms with Crippen molar-refractivity contribution in [2.24, 2.45) is 0 Å². The Hall–Kier alpha value is -1.94. The van der Waals surface area contributed by atoms with Crippen LogP contribution in [0.4, 0.5) is 0 Å². The summed E-state index contributed by atoms with van der Waals surface area (Å²) >= 11 is 5.91. The molecule has 0 aliphatic carbocycles. The number of halogens is 1. The Morgan fingerprint density at radius 1 is 1.33 bits per heavy atom. The largest absolute Gasteiger partial charge is 0.344 e. The van der Waals surface area contributed by atoms with E-state index in [1.807, 2.05) is 25.1 Å². The molecule has 0 saturated carbocycles. The summed E-state index contributed by atoms with van der Waals surface area (Å²) in [5, 5.41) is 3.18. The van der Waals surface area contributed by atoms with Crippen molar-refractivity contribution < 1.29 is 4.79 Å².